The van der Waals surface area contributed by atoms with Gasteiger partial charge in [0.1, 0.15) is 5.75 Å². The lowest BCUT2D eigenvalue weighted by Crippen LogP contribution is -2.47. The van der Waals surface area contributed by atoms with Crippen molar-refractivity contribution in [2.24, 2.45) is 0 Å². The Balaban J connectivity index is 0.000000406. The van der Waals surface area contributed by atoms with E-state index in [0.29, 0.717) is 12.0 Å². The van der Waals surface area contributed by atoms with Gasteiger partial charge in [0.05, 0.1) is 18.1 Å². The van der Waals surface area contributed by atoms with Crippen molar-refractivity contribution in [3.63, 3.8) is 0 Å². The van der Waals surface area contributed by atoms with Crippen LogP contribution in [0.15, 0.2) is 48.5 Å². The summed E-state index contributed by atoms with van der Waals surface area (Å²) in [4.78, 5) is 19.5. The number of fused-ring (bicyclic) bond motifs is 1. The molecule has 3 N–H and O–H groups in total. The van der Waals surface area contributed by atoms with E-state index >= 15 is 0 Å². The van der Waals surface area contributed by atoms with Gasteiger partial charge in [0.2, 0.25) is 5.95 Å². The highest BCUT2D eigenvalue weighted by molar-refractivity contribution is 5.77. The Morgan fingerprint density at radius 2 is 1.94 bits per heavy atom. The number of anilines is 1. The Bertz CT molecular complexity index is 1040. The van der Waals surface area contributed by atoms with Crippen LogP contribution in [-0.2, 0) is 4.79 Å². The molecule has 3 aromatic rings. The van der Waals surface area contributed by atoms with Crippen molar-refractivity contribution < 1.29 is 27.8 Å². The molecule has 1 aromatic heterocycles. The molecule has 0 spiro atoms. The van der Waals surface area contributed by atoms with Crippen LogP contribution in [0.4, 0.5) is 19.1 Å². The molecule has 0 aliphatic carbocycles. The topological polar surface area (TPSA) is 90.5 Å². The molecule has 1 saturated heterocycles. The van der Waals surface area contributed by atoms with Crippen LogP contribution in [0.5, 0.6) is 5.75 Å². The number of aromatic amines is 1. The predicted molar refractivity (Wildman–Crippen MR) is 124 cm³/mol. The minimum Gasteiger partial charge on any atom is -0.497 e. The summed E-state index contributed by atoms with van der Waals surface area (Å²) >= 11 is 0. The van der Waals surface area contributed by atoms with Crippen LogP contribution in [-0.4, -0.2) is 60.0 Å². The Kier molecular flexibility index (Phi) is 8.38. The fourth-order valence-corrected chi connectivity index (χ4v) is 3.82. The van der Waals surface area contributed by atoms with Crippen molar-refractivity contribution >= 4 is 23.0 Å². The average molecular weight is 479 g/mol. The van der Waals surface area contributed by atoms with Crippen molar-refractivity contribution in [2.75, 3.05) is 31.6 Å². The summed E-state index contributed by atoms with van der Waals surface area (Å²) < 4.78 is 37.0. The molecule has 184 valence electrons. The molecule has 2 unspecified atom stereocenters. The number of hydrogen-bond acceptors (Lipinski definition) is 5. The summed E-state index contributed by atoms with van der Waals surface area (Å²) in [6.07, 6.45) is -2.68. The van der Waals surface area contributed by atoms with Gasteiger partial charge in [-0.3, -0.25) is 0 Å². The Labute approximate surface area is 195 Å². The predicted octanol–water partition coefficient (Wildman–Crippen LogP) is 4.57. The van der Waals surface area contributed by atoms with Gasteiger partial charge in [0.25, 0.3) is 0 Å². The molecule has 1 aliphatic rings. The van der Waals surface area contributed by atoms with E-state index < -0.39 is 12.1 Å². The number of para-hydroxylation sites is 2. The standard InChI is InChI=1S/C22H28N4O.C2HF3O2/c1-16(17-9-11-19(27-2)12-10-17)14-23-18-6-5-13-26(15-18)22-24-20-7-3-4-8-21(20)25-22;3-2(4,5)1(6)7/h3-4,7-12,16,18,23H,5-6,13-15H2,1-2H3,(H,24,25);(H,6,7). The molecule has 0 saturated carbocycles. The van der Waals surface area contributed by atoms with E-state index in [0.717, 1.165) is 42.4 Å². The number of ether oxygens (including phenoxy) is 1. The highest BCUT2D eigenvalue weighted by atomic mass is 19.4. The summed E-state index contributed by atoms with van der Waals surface area (Å²) in [7, 11) is 1.71. The number of hydrogen-bond donors (Lipinski definition) is 3. The second kappa shape index (κ2) is 11.2. The molecule has 0 bridgehead atoms. The van der Waals surface area contributed by atoms with Gasteiger partial charge < -0.3 is 25.0 Å². The molecule has 10 heteroatoms. The van der Waals surface area contributed by atoms with Gasteiger partial charge >= 0.3 is 12.1 Å². The zero-order valence-electron chi connectivity index (χ0n) is 19.1. The van der Waals surface area contributed by atoms with E-state index in [9.17, 15) is 13.2 Å². The smallest absolute Gasteiger partial charge is 0.490 e. The van der Waals surface area contributed by atoms with Gasteiger partial charge in [-0.05, 0) is 48.6 Å². The number of rotatable bonds is 6. The molecule has 4 rings (SSSR count). The van der Waals surface area contributed by atoms with Gasteiger partial charge in [-0.2, -0.15) is 13.2 Å². The van der Waals surface area contributed by atoms with E-state index in [1.165, 1.54) is 18.4 Å². The number of carbonyl (C=O) groups is 1. The highest BCUT2D eigenvalue weighted by Gasteiger charge is 2.38. The molecule has 0 amide bonds. The second-order valence-corrected chi connectivity index (χ2v) is 8.25. The quantitative estimate of drug-likeness (QED) is 0.481. The third-order valence-corrected chi connectivity index (χ3v) is 5.74. The first-order chi connectivity index (χ1) is 16.2. The van der Waals surface area contributed by atoms with E-state index in [4.69, 9.17) is 19.6 Å². The summed E-state index contributed by atoms with van der Waals surface area (Å²) in [5.74, 6) is -0.386. The monoisotopic (exact) mass is 478 g/mol. The number of piperidine rings is 1. The first-order valence-electron chi connectivity index (χ1n) is 11.0. The van der Waals surface area contributed by atoms with Crippen LogP contribution in [0, 0.1) is 0 Å². The maximum Gasteiger partial charge on any atom is 0.490 e. The number of halogens is 3. The minimum absolute atomic E-state index is 0.470. The molecule has 0 radical (unpaired) electrons. The van der Waals surface area contributed by atoms with Crippen molar-refractivity contribution in [2.45, 2.75) is 37.9 Å². The lowest BCUT2D eigenvalue weighted by Gasteiger charge is -2.33. The molecule has 1 fully saturated rings. The first kappa shape index (κ1) is 25.4. The number of carboxylic acid groups (broad SMARTS) is 1. The number of methoxy groups -OCH3 is 1. The number of imidazole rings is 1. The normalized spacial score (nSPS) is 17.1. The fraction of sp³-hybridized carbons (Fsp3) is 0.417. The highest BCUT2D eigenvalue weighted by Crippen LogP contribution is 2.22. The summed E-state index contributed by atoms with van der Waals surface area (Å²) in [5.41, 5.74) is 3.49. The molecule has 7 nitrogen and oxygen atoms in total. The SMILES string of the molecule is COc1ccc(C(C)CNC2CCCN(c3nc4ccccc4[nH]3)C2)cc1.O=C(O)C(F)(F)F. The maximum atomic E-state index is 10.6. The largest absolute Gasteiger partial charge is 0.497 e. The second-order valence-electron chi connectivity index (χ2n) is 8.25. The first-order valence-corrected chi connectivity index (χ1v) is 11.0. The van der Waals surface area contributed by atoms with Gasteiger partial charge in [-0.25, -0.2) is 9.78 Å². The van der Waals surface area contributed by atoms with Crippen LogP contribution in [0.3, 0.4) is 0 Å². The number of benzene rings is 2. The molecule has 1 aliphatic heterocycles. The number of alkyl halides is 3. The summed E-state index contributed by atoms with van der Waals surface area (Å²) in [5, 5.41) is 10.9. The fourth-order valence-electron chi connectivity index (χ4n) is 3.82. The number of H-pyrrole nitrogens is 1. The Morgan fingerprint density at radius 1 is 1.26 bits per heavy atom. The molecule has 2 heterocycles. The van der Waals surface area contributed by atoms with E-state index in [1.54, 1.807) is 7.11 Å². The van der Waals surface area contributed by atoms with Crippen LogP contribution in [0.1, 0.15) is 31.2 Å². The maximum absolute atomic E-state index is 10.6. The number of aromatic nitrogens is 2. The van der Waals surface area contributed by atoms with E-state index in [1.807, 2.05) is 24.3 Å². The summed E-state index contributed by atoms with van der Waals surface area (Å²) in [6, 6.07) is 17.1. The zero-order valence-corrected chi connectivity index (χ0v) is 19.1. The van der Waals surface area contributed by atoms with Crippen LogP contribution < -0.4 is 15.0 Å². The van der Waals surface area contributed by atoms with Crippen molar-refractivity contribution in [1.29, 1.82) is 0 Å². The van der Waals surface area contributed by atoms with Gasteiger partial charge in [0.15, 0.2) is 0 Å². The van der Waals surface area contributed by atoms with Crippen molar-refractivity contribution in [1.82, 2.24) is 15.3 Å². The van der Waals surface area contributed by atoms with Gasteiger partial charge in [0, 0.05) is 25.7 Å². The molecule has 34 heavy (non-hydrogen) atoms. The summed E-state index contributed by atoms with van der Waals surface area (Å²) in [6.45, 7) is 5.31. The van der Waals surface area contributed by atoms with Crippen LogP contribution in [0.25, 0.3) is 11.0 Å². The lowest BCUT2D eigenvalue weighted by atomic mass is 9.99. The van der Waals surface area contributed by atoms with Crippen molar-refractivity contribution in [3.05, 3.63) is 54.1 Å². The third-order valence-electron chi connectivity index (χ3n) is 5.74. The Hall–Kier alpha value is -3.27. The number of aliphatic carboxylic acids is 1. The van der Waals surface area contributed by atoms with E-state index in [-0.39, 0.29) is 0 Å². The van der Waals surface area contributed by atoms with Crippen LogP contribution >= 0.6 is 0 Å². The third kappa shape index (κ3) is 6.86. The lowest BCUT2D eigenvalue weighted by molar-refractivity contribution is -0.192. The van der Waals surface area contributed by atoms with E-state index in [2.05, 4.69) is 46.4 Å². The average Bonchev–Trinajstić information content (AvgIpc) is 3.27. The zero-order chi connectivity index (χ0) is 24.7. The number of nitrogens with zero attached hydrogens (tertiary/aromatic N) is 2. The van der Waals surface area contributed by atoms with Gasteiger partial charge in [-0.1, -0.05) is 31.2 Å². The van der Waals surface area contributed by atoms with Crippen LogP contribution in [0.2, 0.25) is 0 Å². The minimum atomic E-state index is -5.08. The molecular formula is C24H29F3N4O3. The number of nitrogens with one attached hydrogen (secondary N) is 2. The van der Waals surface area contributed by atoms with Crippen molar-refractivity contribution in [3.8, 4) is 5.75 Å². The van der Waals surface area contributed by atoms with Gasteiger partial charge in [-0.15, -0.1) is 0 Å². The molecule has 2 atom stereocenters. The molecular weight excluding hydrogens is 449 g/mol. The molecule has 2 aromatic carbocycles. The number of carboxylic acids is 1. The Morgan fingerprint density at radius 3 is 2.56 bits per heavy atom.